The molecule has 1 aromatic carbocycles. The standard InChI is InChI=1S/C17H21N5O/c1-2-6-16-15(5-1)19-17(20-16)13-21-8-4-10-23-14(11-21)12-22-9-3-7-18-22/h1-3,5-7,9,14H,4,8,10-13H2,(H,19,20). The molecule has 0 saturated carbocycles. The van der Waals surface area contributed by atoms with Gasteiger partial charge in [-0.15, -0.1) is 0 Å². The summed E-state index contributed by atoms with van der Waals surface area (Å²) >= 11 is 0. The Balaban J connectivity index is 1.44. The number of rotatable bonds is 4. The first-order chi connectivity index (χ1) is 11.4. The molecule has 23 heavy (non-hydrogen) atoms. The average molecular weight is 311 g/mol. The van der Waals surface area contributed by atoms with E-state index in [1.54, 1.807) is 0 Å². The highest BCUT2D eigenvalue weighted by Crippen LogP contribution is 2.14. The summed E-state index contributed by atoms with van der Waals surface area (Å²) in [7, 11) is 0. The molecule has 0 radical (unpaired) electrons. The molecule has 3 heterocycles. The number of fused-ring (bicyclic) bond motifs is 1. The molecule has 120 valence electrons. The predicted molar refractivity (Wildman–Crippen MR) is 88.0 cm³/mol. The lowest BCUT2D eigenvalue weighted by atomic mass is 10.3. The quantitative estimate of drug-likeness (QED) is 0.801. The van der Waals surface area contributed by atoms with Crippen LogP contribution in [0.1, 0.15) is 12.2 Å². The van der Waals surface area contributed by atoms with Crippen LogP contribution in [0, 0.1) is 0 Å². The zero-order valence-electron chi connectivity index (χ0n) is 13.1. The maximum Gasteiger partial charge on any atom is 0.121 e. The zero-order valence-corrected chi connectivity index (χ0v) is 13.1. The molecule has 1 aliphatic rings. The summed E-state index contributed by atoms with van der Waals surface area (Å²) in [5.41, 5.74) is 2.13. The van der Waals surface area contributed by atoms with Gasteiger partial charge in [-0.25, -0.2) is 4.98 Å². The minimum Gasteiger partial charge on any atom is -0.375 e. The normalized spacial score (nSPS) is 19.9. The van der Waals surface area contributed by atoms with E-state index in [0.717, 1.165) is 56.1 Å². The molecule has 0 aliphatic carbocycles. The molecule has 1 unspecified atom stereocenters. The number of ether oxygens (including phenoxy) is 1. The van der Waals surface area contributed by atoms with Gasteiger partial charge in [-0.05, 0) is 24.6 Å². The fraction of sp³-hybridized carbons (Fsp3) is 0.412. The maximum absolute atomic E-state index is 5.97. The molecule has 0 amide bonds. The first kappa shape index (κ1) is 14.4. The third-order valence-corrected chi connectivity index (χ3v) is 4.20. The van der Waals surface area contributed by atoms with Crippen LogP contribution in [0.4, 0.5) is 0 Å². The number of H-pyrrole nitrogens is 1. The molecule has 6 nitrogen and oxygen atoms in total. The Morgan fingerprint density at radius 3 is 3.09 bits per heavy atom. The van der Waals surface area contributed by atoms with Crippen LogP contribution in [0.2, 0.25) is 0 Å². The second-order valence-electron chi connectivity index (χ2n) is 6.01. The number of aromatic amines is 1. The molecule has 4 rings (SSSR count). The maximum atomic E-state index is 5.97. The minimum atomic E-state index is 0.168. The summed E-state index contributed by atoms with van der Waals surface area (Å²) in [5.74, 6) is 1.02. The van der Waals surface area contributed by atoms with Crippen LogP contribution in [-0.4, -0.2) is 50.4 Å². The molecule has 1 saturated heterocycles. The molecule has 0 bridgehead atoms. The smallest absolute Gasteiger partial charge is 0.121 e. The van der Waals surface area contributed by atoms with Crippen molar-refractivity contribution in [2.75, 3.05) is 19.7 Å². The van der Waals surface area contributed by atoms with Crippen molar-refractivity contribution in [1.29, 1.82) is 0 Å². The molecule has 0 spiro atoms. The monoisotopic (exact) mass is 311 g/mol. The summed E-state index contributed by atoms with van der Waals surface area (Å²) in [6.45, 7) is 4.36. The second-order valence-corrected chi connectivity index (χ2v) is 6.01. The first-order valence-corrected chi connectivity index (χ1v) is 8.12. The van der Waals surface area contributed by atoms with Crippen LogP contribution in [0.15, 0.2) is 42.7 Å². The van der Waals surface area contributed by atoms with Gasteiger partial charge in [0.15, 0.2) is 0 Å². The van der Waals surface area contributed by atoms with E-state index in [2.05, 4.69) is 26.0 Å². The van der Waals surface area contributed by atoms with Crippen molar-refractivity contribution in [1.82, 2.24) is 24.6 Å². The number of hydrogen-bond acceptors (Lipinski definition) is 4. The van der Waals surface area contributed by atoms with Crippen molar-refractivity contribution in [3.05, 3.63) is 48.5 Å². The first-order valence-electron chi connectivity index (χ1n) is 8.12. The van der Waals surface area contributed by atoms with E-state index in [1.165, 1.54) is 0 Å². The van der Waals surface area contributed by atoms with Crippen LogP contribution >= 0.6 is 0 Å². The predicted octanol–water partition coefficient (Wildman–Crippen LogP) is 2.05. The van der Waals surface area contributed by atoms with Gasteiger partial charge in [-0.1, -0.05) is 12.1 Å². The Hall–Kier alpha value is -2.18. The molecule has 2 aromatic heterocycles. The van der Waals surface area contributed by atoms with Gasteiger partial charge >= 0.3 is 0 Å². The topological polar surface area (TPSA) is 59.0 Å². The van der Waals surface area contributed by atoms with E-state index in [1.807, 2.05) is 41.3 Å². The Labute approximate surface area is 135 Å². The molecule has 1 fully saturated rings. The molecule has 3 aromatic rings. The van der Waals surface area contributed by atoms with Crippen molar-refractivity contribution >= 4 is 11.0 Å². The number of imidazole rings is 1. The summed E-state index contributed by atoms with van der Waals surface area (Å²) in [4.78, 5) is 10.5. The highest BCUT2D eigenvalue weighted by atomic mass is 16.5. The molecular formula is C17H21N5O. The van der Waals surface area contributed by atoms with E-state index in [0.29, 0.717) is 0 Å². The van der Waals surface area contributed by atoms with E-state index in [9.17, 15) is 0 Å². The summed E-state index contributed by atoms with van der Waals surface area (Å²) in [6.07, 6.45) is 5.01. The van der Waals surface area contributed by atoms with Gasteiger partial charge in [-0.2, -0.15) is 5.10 Å². The van der Waals surface area contributed by atoms with Gasteiger partial charge < -0.3 is 9.72 Å². The summed E-state index contributed by atoms with van der Waals surface area (Å²) in [6, 6.07) is 10.1. The van der Waals surface area contributed by atoms with E-state index < -0.39 is 0 Å². The minimum absolute atomic E-state index is 0.168. The Morgan fingerprint density at radius 1 is 1.26 bits per heavy atom. The molecule has 1 atom stereocenters. The Kier molecular flexibility index (Phi) is 4.08. The Morgan fingerprint density at radius 2 is 2.22 bits per heavy atom. The molecule has 1 aliphatic heterocycles. The van der Waals surface area contributed by atoms with Crippen molar-refractivity contribution in [2.45, 2.75) is 25.6 Å². The summed E-state index contributed by atoms with van der Waals surface area (Å²) in [5, 5.41) is 4.28. The van der Waals surface area contributed by atoms with Crippen molar-refractivity contribution in [3.63, 3.8) is 0 Å². The lowest BCUT2D eigenvalue weighted by molar-refractivity contribution is 0.0389. The van der Waals surface area contributed by atoms with Crippen LogP contribution < -0.4 is 0 Å². The lowest BCUT2D eigenvalue weighted by Gasteiger charge is -2.22. The third kappa shape index (κ3) is 3.43. The number of para-hydroxylation sites is 2. The highest BCUT2D eigenvalue weighted by Gasteiger charge is 2.20. The van der Waals surface area contributed by atoms with Crippen LogP contribution in [0.25, 0.3) is 11.0 Å². The fourth-order valence-corrected chi connectivity index (χ4v) is 3.13. The zero-order chi connectivity index (χ0) is 15.5. The van der Waals surface area contributed by atoms with Crippen molar-refractivity contribution < 1.29 is 4.74 Å². The van der Waals surface area contributed by atoms with E-state index >= 15 is 0 Å². The van der Waals surface area contributed by atoms with E-state index in [-0.39, 0.29) is 6.10 Å². The van der Waals surface area contributed by atoms with Crippen LogP contribution in [-0.2, 0) is 17.8 Å². The van der Waals surface area contributed by atoms with Crippen molar-refractivity contribution in [3.8, 4) is 0 Å². The number of aromatic nitrogens is 4. The molecule has 6 heteroatoms. The van der Waals surface area contributed by atoms with Gasteiger partial charge in [0.1, 0.15) is 5.82 Å². The van der Waals surface area contributed by atoms with Gasteiger partial charge in [0.25, 0.3) is 0 Å². The van der Waals surface area contributed by atoms with Crippen LogP contribution in [0.5, 0.6) is 0 Å². The number of benzene rings is 1. The van der Waals surface area contributed by atoms with Crippen LogP contribution in [0.3, 0.4) is 0 Å². The van der Waals surface area contributed by atoms with Gasteiger partial charge in [-0.3, -0.25) is 9.58 Å². The number of nitrogens with zero attached hydrogens (tertiary/aromatic N) is 4. The van der Waals surface area contributed by atoms with E-state index in [4.69, 9.17) is 4.74 Å². The average Bonchev–Trinajstić information content (AvgIpc) is 3.14. The van der Waals surface area contributed by atoms with Gasteiger partial charge in [0, 0.05) is 32.1 Å². The second kappa shape index (κ2) is 6.52. The molecular weight excluding hydrogens is 290 g/mol. The number of nitrogens with one attached hydrogen (secondary N) is 1. The number of hydrogen-bond donors (Lipinski definition) is 1. The largest absolute Gasteiger partial charge is 0.375 e. The molecule has 1 N–H and O–H groups in total. The van der Waals surface area contributed by atoms with Crippen molar-refractivity contribution in [2.24, 2.45) is 0 Å². The Bertz CT molecular complexity index is 718. The lowest BCUT2D eigenvalue weighted by Crippen LogP contribution is -2.34. The summed E-state index contributed by atoms with van der Waals surface area (Å²) < 4.78 is 7.91. The SMILES string of the molecule is c1ccc2[nH]c(CN3CCCOC(Cn4cccn4)C3)nc2c1. The highest BCUT2D eigenvalue weighted by molar-refractivity contribution is 5.74. The fourth-order valence-electron chi connectivity index (χ4n) is 3.13. The van der Waals surface area contributed by atoms with Gasteiger partial charge in [0.05, 0.1) is 30.2 Å². The van der Waals surface area contributed by atoms with Gasteiger partial charge in [0.2, 0.25) is 0 Å². The third-order valence-electron chi connectivity index (χ3n) is 4.20.